The molecule has 0 saturated carbocycles. The van der Waals surface area contributed by atoms with Crippen LogP contribution in [0.25, 0.3) is 27.4 Å². The lowest BCUT2D eigenvalue weighted by molar-refractivity contribution is -0.661. The Labute approximate surface area is 331 Å². The molecule has 3 amide bonds. The van der Waals surface area contributed by atoms with Crippen LogP contribution >= 0.6 is 11.3 Å². The molecule has 0 bridgehead atoms. The van der Waals surface area contributed by atoms with Crippen molar-refractivity contribution in [3.05, 3.63) is 137 Å². The molecule has 0 radical (unpaired) electrons. The maximum Gasteiger partial charge on any atom is 0.407 e. The summed E-state index contributed by atoms with van der Waals surface area (Å²) in [6.45, 7) is 5.76. The summed E-state index contributed by atoms with van der Waals surface area (Å²) < 4.78 is 15.6. The van der Waals surface area contributed by atoms with Crippen molar-refractivity contribution in [1.82, 2.24) is 30.4 Å². The van der Waals surface area contributed by atoms with E-state index in [-0.39, 0.29) is 12.6 Å². The molecule has 1 aliphatic heterocycles. The van der Waals surface area contributed by atoms with E-state index in [0.717, 1.165) is 71.9 Å². The predicted molar refractivity (Wildman–Crippen MR) is 218 cm³/mol. The van der Waals surface area contributed by atoms with Crippen molar-refractivity contribution in [3.8, 4) is 33.1 Å². The molecule has 2 aromatic heterocycles. The van der Waals surface area contributed by atoms with Gasteiger partial charge in [0.15, 0.2) is 17.6 Å². The molecule has 3 heterocycles. The number of ether oxygens (including phenoxy) is 2. The monoisotopic (exact) mass is 770 g/mol. The van der Waals surface area contributed by atoms with Crippen molar-refractivity contribution in [3.63, 3.8) is 0 Å². The minimum Gasteiger partial charge on any atom is -0.491 e. The number of carbonyl (C=O) groups is 2. The molecule has 0 aliphatic carbocycles. The van der Waals surface area contributed by atoms with Crippen LogP contribution in [0, 0.1) is 0 Å². The molecular weight excluding hydrogens is 723 g/mol. The van der Waals surface area contributed by atoms with Crippen LogP contribution in [0.4, 0.5) is 9.59 Å². The first-order valence-electron chi connectivity index (χ1n) is 19.3. The number of hydrogen-bond donors (Lipinski definition) is 2. The minimum atomic E-state index is -0.408. The Kier molecular flexibility index (Phi) is 13.0. The number of rotatable bonds is 18. The highest BCUT2D eigenvalue weighted by Gasteiger charge is 2.22. The summed E-state index contributed by atoms with van der Waals surface area (Å²) in [7, 11) is 0. The van der Waals surface area contributed by atoms with Gasteiger partial charge in [0.2, 0.25) is 0 Å². The zero-order valence-corrected chi connectivity index (χ0v) is 32.5. The van der Waals surface area contributed by atoms with Crippen LogP contribution in [0.15, 0.2) is 115 Å². The Morgan fingerprint density at radius 2 is 1.70 bits per heavy atom. The molecule has 4 aromatic carbocycles. The second kappa shape index (κ2) is 19.0. The number of hydrogen-bond acceptors (Lipinski definition) is 7. The number of unbranched alkanes of at least 4 members (excludes halogenated alkanes) is 1. The summed E-state index contributed by atoms with van der Waals surface area (Å²) in [6.07, 6.45) is 5.89. The maximum atomic E-state index is 12.2. The number of thiazole rings is 1. The van der Waals surface area contributed by atoms with Gasteiger partial charge in [0.1, 0.15) is 30.5 Å². The summed E-state index contributed by atoms with van der Waals surface area (Å²) in [5.74, 6) is 0.699. The van der Waals surface area contributed by atoms with Crippen LogP contribution in [0.2, 0.25) is 0 Å². The smallest absolute Gasteiger partial charge is 0.407 e. The summed E-state index contributed by atoms with van der Waals surface area (Å²) in [4.78, 5) is 31.1. The number of alkyl carbamates (subject to hydrolysis) is 1. The number of amides is 3. The highest BCUT2D eigenvalue weighted by atomic mass is 32.1. The molecule has 1 saturated heterocycles. The van der Waals surface area contributed by atoms with E-state index in [4.69, 9.17) is 19.7 Å². The van der Waals surface area contributed by atoms with E-state index in [9.17, 15) is 9.59 Å². The predicted octanol–water partition coefficient (Wildman–Crippen LogP) is 7.41. The second-order valence-corrected chi connectivity index (χ2v) is 14.5. The molecule has 0 unspecified atom stereocenters. The third-order valence-electron chi connectivity index (χ3n) is 9.76. The number of aryl methyl sites for hydroxylation is 4. The largest absolute Gasteiger partial charge is 0.491 e. The summed E-state index contributed by atoms with van der Waals surface area (Å²) in [5.41, 5.74) is 8.59. The van der Waals surface area contributed by atoms with Crippen molar-refractivity contribution in [1.29, 1.82) is 0 Å². The lowest BCUT2D eigenvalue weighted by Gasteiger charge is -2.16. The summed E-state index contributed by atoms with van der Waals surface area (Å²) in [5, 5.41) is 13.6. The third kappa shape index (κ3) is 10.2. The van der Waals surface area contributed by atoms with E-state index in [2.05, 4.69) is 83.7 Å². The number of nitrogens with one attached hydrogen (secondary N) is 2. The van der Waals surface area contributed by atoms with Gasteiger partial charge < -0.3 is 25.0 Å². The van der Waals surface area contributed by atoms with Gasteiger partial charge in [-0.25, -0.2) is 14.6 Å². The van der Waals surface area contributed by atoms with E-state index in [0.29, 0.717) is 38.5 Å². The lowest BCUT2D eigenvalue weighted by Crippen LogP contribution is -2.33. The van der Waals surface area contributed by atoms with Gasteiger partial charge in [-0.05, 0) is 67.0 Å². The van der Waals surface area contributed by atoms with Crippen LogP contribution in [0.3, 0.4) is 0 Å². The van der Waals surface area contributed by atoms with Gasteiger partial charge in [-0.3, -0.25) is 0 Å². The minimum absolute atomic E-state index is 0.0613. The first-order valence-corrected chi connectivity index (χ1v) is 20.2. The number of carbonyl (C=O) groups excluding carboxylic acids is 2. The Morgan fingerprint density at radius 3 is 2.46 bits per heavy atom. The normalized spacial score (nSPS) is 12.4. The molecule has 0 spiro atoms. The van der Waals surface area contributed by atoms with Gasteiger partial charge in [0, 0.05) is 37.5 Å². The fourth-order valence-corrected chi connectivity index (χ4v) is 7.53. The fourth-order valence-electron chi connectivity index (χ4n) is 6.64. The van der Waals surface area contributed by atoms with Crippen LogP contribution < -0.4 is 20.1 Å². The van der Waals surface area contributed by atoms with Gasteiger partial charge in [-0.2, -0.15) is 0 Å². The molecule has 12 heteroatoms. The van der Waals surface area contributed by atoms with Crippen LogP contribution in [-0.2, 0) is 37.2 Å². The Balaban J connectivity index is 0.988. The molecule has 6 aromatic rings. The first kappa shape index (κ1) is 38.3. The van der Waals surface area contributed by atoms with Crippen LogP contribution in [-0.4, -0.2) is 64.7 Å². The van der Waals surface area contributed by atoms with Gasteiger partial charge in [0.05, 0.1) is 23.0 Å². The van der Waals surface area contributed by atoms with Gasteiger partial charge in [-0.1, -0.05) is 84.9 Å². The zero-order chi connectivity index (χ0) is 38.5. The molecule has 1 fully saturated rings. The molecule has 0 atom stereocenters. The van der Waals surface area contributed by atoms with E-state index >= 15 is 0 Å². The third-order valence-corrected chi connectivity index (χ3v) is 10.7. The highest BCUT2D eigenvalue weighted by molar-refractivity contribution is 7.13. The average Bonchev–Trinajstić information content (AvgIpc) is 4.00. The summed E-state index contributed by atoms with van der Waals surface area (Å²) >= 11 is 1.61. The van der Waals surface area contributed by atoms with Crippen LogP contribution in [0.5, 0.6) is 5.75 Å². The molecule has 7 rings (SSSR count). The molecule has 1 aliphatic rings. The zero-order valence-electron chi connectivity index (χ0n) is 31.7. The molecular formula is C44H48N7O4S+. The van der Waals surface area contributed by atoms with Gasteiger partial charge in [-0.15, -0.1) is 20.7 Å². The van der Waals surface area contributed by atoms with Crippen molar-refractivity contribution < 1.29 is 23.7 Å². The first-order chi connectivity index (χ1) is 27.5. The highest BCUT2D eigenvalue weighted by Crippen LogP contribution is 2.34. The van der Waals surface area contributed by atoms with Crippen molar-refractivity contribution in [2.24, 2.45) is 0 Å². The fraction of sp³-hybridized carbons (Fsp3) is 0.295. The quantitative estimate of drug-likeness (QED) is 0.0696. The average molecular weight is 771 g/mol. The number of benzene rings is 4. The standard InChI is InChI=1S/C44H47N7O4S/c1-2-50-39(15-9-10-24-46-44(53)55-31-34-11-5-3-6-12-34)30-51(48-50)38-22-23-40(41(29-38)54-28-27-49-26-25-45-43(49)52)42-47-37(32-56-42)21-18-33-16-19-36(20-17-33)35-13-7-4-8-14-35/h3-8,11-14,16-17,19-20,22-23,29-30,32H,2,9-10,15,18,21,24-28,31H2,1H3,(H-,45,46,52,53)/p+1. The van der Waals surface area contributed by atoms with E-state index in [1.165, 1.54) is 16.7 Å². The number of aromatic nitrogens is 4. The van der Waals surface area contributed by atoms with Crippen LogP contribution in [0.1, 0.15) is 42.3 Å². The van der Waals surface area contributed by atoms with Gasteiger partial charge >= 0.3 is 12.1 Å². The topological polar surface area (TPSA) is 114 Å². The number of nitrogens with zero attached hydrogens (tertiary/aromatic N) is 5. The Hall–Kier alpha value is -6.01. The SMILES string of the molecule is CCn1n[n+](-c2ccc(-c3nc(CCc4ccc(-c5ccccc5)cc4)cs3)c(OCCN3CCNC3=O)c2)cc1CCCCNC(=O)OCc1ccccc1. The van der Waals surface area contributed by atoms with Crippen molar-refractivity contribution in [2.45, 2.75) is 52.2 Å². The molecule has 288 valence electrons. The van der Waals surface area contributed by atoms with Gasteiger partial charge in [0.25, 0.3) is 0 Å². The van der Waals surface area contributed by atoms with E-state index in [1.807, 2.05) is 57.9 Å². The molecule has 56 heavy (non-hydrogen) atoms. The van der Waals surface area contributed by atoms with Crippen molar-refractivity contribution in [2.75, 3.05) is 32.8 Å². The molecule has 2 N–H and O–H groups in total. The Morgan fingerprint density at radius 1 is 0.911 bits per heavy atom. The second-order valence-electron chi connectivity index (χ2n) is 13.7. The van der Waals surface area contributed by atoms with E-state index < -0.39 is 6.09 Å². The maximum absolute atomic E-state index is 12.2. The Bertz CT molecular complexity index is 2190. The number of urea groups is 1. The van der Waals surface area contributed by atoms with Crippen molar-refractivity contribution >= 4 is 23.5 Å². The molecule has 11 nitrogen and oxygen atoms in total. The summed E-state index contributed by atoms with van der Waals surface area (Å²) in [6, 6.07) is 34.9. The lowest BCUT2D eigenvalue weighted by atomic mass is 10.0. The van der Waals surface area contributed by atoms with E-state index in [1.54, 1.807) is 16.2 Å².